The zero-order valence-corrected chi connectivity index (χ0v) is 20.1. The Kier molecular flexibility index (Phi) is 7.13. The Morgan fingerprint density at radius 3 is 2.25 bits per heavy atom. The topological polar surface area (TPSA) is 71.3 Å². The quantitative estimate of drug-likeness (QED) is 0.433. The lowest BCUT2D eigenvalue weighted by atomic mass is 10.1. The van der Waals surface area contributed by atoms with Crippen LogP contribution in [0.25, 0.3) is 0 Å². The number of amides is 1. The second-order valence-corrected chi connectivity index (χ2v) is 8.40. The molecule has 0 fully saturated rings. The first kappa shape index (κ1) is 23.3. The van der Waals surface area contributed by atoms with Gasteiger partial charge in [0.25, 0.3) is 5.91 Å². The van der Waals surface area contributed by atoms with Crippen LogP contribution < -0.4 is 10.6 Å². The smallest absolute Gasteiger partial charge is 0.257 e. The molecule has 168 valence electrons. The van der Waals surface area contributed by atoms with Crippen molar-refractivity contribution in [1.29, 1.82) is 0 Å². The molecule has 0 radical (unpaired) electrons. The normalized spacial score (nSPS) is 11.5. The molecular formula is C26H33N5O. The minimum atomic E-state index is -0.189. The summed E-state index contributed by atoms with van der Waals surface area (Å²) in [6, 6.07) is 12.0. The summed E-state index contributed by atoms with van der Waals surface area (Å²) >= 11 is 0. The molecule has 0 unspecified atom stereocenters. The van der Waals surface area contributed by atoms with E-state index in [1.807, 2.05) is 56.6 Å². The monoisotopic (exact) mass is 431 g/mol. The lowest BCUT2D eigenvalue weighted by Crippen LogP contribution is -2.36. The molecule has 32 heavy (non-hydrogen) atoms. The second-order valence-electron chi connectivity index (χ2n) is 8.40. The summed E-state index contributed by atoms with van der Waals surface area (Å²) in [5, 5.41) is 10.9. The number of carbonyl (C=O) groups excluding carboxylic acids is 1. The van der Waals surface area contributed by atoms with E-state index in [4.69, 9.17) is 4.99 Å². The minimum Gasteiger partial charge on any atom is -0.326 e. The van der Waals surface area contributed by atoms with Crippen molar-refractivity contribution in [3.05, 3.63) is 81.2 Å². The highest BCUT2D eigenvalue weighted by Crippen LogP contribution is 2.18. The summed E-state index contributed by atoms with van der Waals surface area (Å²) < 4.78 is 1.98. The third kappa shape index (κ3) is 5.44. The molecule has 2 aromatic carbocycles. The number of aromatic nitrogens is 2. The molecule has 0 bridgehead atoms. The maximum Gasteiger partial charge on any atom is 0.257 e. The lowest BCUT2D eigenvalue weighted by Gasteiger charge is -2.15. The summed E-state index contributed by atoms with van der Waals surface area (Å²) in [6.07, 6.45) is 0. The standard InChI is InChI=1S/C26H33N5O/c1-8-31-21(7)23(20(6)30-31)15-27-26(28-24-10-9-16(2)12-19(24)5)29-25(32)22-13-17(3)11-18(4)14-22/h9-14H,8,15H2,1-7H3,(H2,27,28,29,32). The van der Waals surface area contributed by atoms with Crippen LogP contribution in [0.4, 0.5) is 5.69 Å². The van der Waals surface area contributed by atoms with Gasteiger partial charge in [-0.15, -0.1) is 0 Å². The average molecular weight is 432 g/mol. The van der Waals surface area contributed by atoms with Crippen LogP contribution in [0.1, 0.15) is 56.5 Å². The number of guanidine groups is 1. The van der Waals surface area contributed by atoms with Gasteiger partial charge in [-0.1, -0.05) is 34.9 Å². The zero-order valence-electron chi connectivity index (χ0n) is 20.1. The number of nitrogens with one attached hydrogen (secondary N) is 2. The van der Waals surface area contributed by atoms with E-state index in [1.54, 1.807) is 0 Å². The largest absolute Gasteiger partial charge is 0.326 e. The Morgan fingerprint density at radius 1 is 0.969 bits per heavy atom. The number of aryl methyl sites for hydroxylation is 6. The van der Waals surface area contributed by atoms with Crippen LogP contribution in [-0.4, -0.2) is 21.6 Å². The highest BCUT2D eigenvalue weighted by Gasteiger charge is 2.14. The van der Waals surface area contributed by atoms with Gasteiger partial charge in [-0.05, 0) is 72.2 Å². The van der Waals surface area contributed by atoms with Crippen LogP contribution in [0, 0.1) is 41.5 Å². The average Bonchev–Trinajstić information content (AvgIpc) is 3.00. The Bertz CT molecular complexity index is 1150. The van der Waals surface area contributed by atoms with Crippen molar-refractivity contribution in [3.8, 4) is 0 Å². The van der Waals surface area contributed by atoms with E-state index in [-0.39, 0.29) is 5.91 Å². The Balaban J connectivity index is 1.92. The molecule has 1 heterocycles. The van der Waals surface area contributed by atoms with E-state index in [1.165, 1.54) is 5.56 Å². The van der Waals surface area contributed by atoms with Gasteiger partial charge in [-0.25, -0.2) is 4.99 Å². The van der Waals surface area contributed by atoms with Crippen molar-refractivity contribution in [2.75, 3.05) is 5.32 Å². The summed E-state index contributed by atoms with van der Waals surface area (Å²) in [6.45, 7) is 15.4. The fourth-order valence-electron chi connectivity index (χ4n) is 3.91. The minimum absolute atomic E-state index is 0.189. The van der Waals surface area contributed by atoms with Crippen molar-refractivity contribution in [3.63, 3.8) is 0 Å². The van der Waals surface area contributed by atoms with E-state index in [0.29, 0.717) is 18.1 Å². The first-order valence-corrected chi connectivity index (χ1v) is 11.0. The van der Waals surface area contributed by atoms with Crippen molar-refractivity contribution in [2.24, 2.45) is 4.99 Å². The fraction of sp³-hybridized carbons (Fsp3) is 0.346. The number of aliphatic imine (C=N–C) groups is 1. The molecule has 6 nitrogen and oxygen atoms in total. The molecular weight excluding hydrogens is 398 g/mol. The predicted molar refractivity (Wildman–Crippen MR) is 131 cm³/mol. The van der Waals surface area contributed by atoms with Crippen molar-refractivity contribution < 1.29 is 4.79 Å². The number of hydrogen-bond donors (Lipinski definition) is 2. The van der Waals surface area contributed by atoms with Crippen LogP contribution in [0.15, 0.2) is 41.4 Å². The fourth-order valence-corrected chi connectivity index (χ4v) is 3.91. The van der Waals surface area contributed by atoms with Gasteiger partial charge in [0, 0.05) is 29.1 Å². The van der Waals surface area contributed by atoms with Gasteiger partial charge in [0.1, 0.15) is 0 Å². The van der Waals surface area contributed by atoms with E-state index >= 15 is 0 Å². The van der Waals surface area contributed by atoms with Gasteiger partial charge in [-0.3, -0.25) is 14.8 Å². The predicted octanol–water partition coefficient (Wildman–Crippen LogP) is 5.15. The third-order valence-electron chi connectivity index (χ3n) is 5.58. The summed E-state index contributed by atoms with van der Waals surface area (Å²) in [5.74, 6) is 0.231. The molecule has 0 saturated heterocycles. The van der Waals surface area contributed by atoms with Gasteiger partial charge in [-0.2, -0.15) is 5.10 Å². The van der Waals surface area contributed by atoms with Crippen molar-refractivity contribution in [1.82, 2.24) is 15.1 Å². The first-order chi connectivity index (χ1) is 15.2. The Morgan fingerprint density at radius 2 is 1.66 bits per heavy atom. The SMILES string of the molecule is CCn1nc(C)c(CN=C(NC(=O)c2cc(C)cc(C)c2)Nc2ccc(C)cc2C)c1C. The molecule has 0 aliphatic heterocycles. The van der Waals surface area contributed by atoms with Crippen LogP contribution in [0.3, 0.4) is 0 Å². The second kappa shape index (κ2) is 9.81. The van der Waals surface area contributed by atoms with Gasteiger partial charge < -0.3 is 5.32 Å². The van der Waals surface area contributed by atoms with Crippen LogP contribution in [0.2, 0.25) is 0 Å². The molecule has 1 amide bonds. The van der Waals surface area contributed by atoms with Crippen LogP contribution in [0.5, 0.6) is 0 Å². The molecule has 0 spiro atoms. The highest BCUT2D eigenvalue weighted by molar-refractivity contribution is 6.10. The first-order valence-electron chi connectivity index (χ1n) is 11.0. The highest BCUT2D eigenvalue weighted by atomic mass is 16.1. The maximum atomic E-state index is 13.0. The number of hydrogen-bond acceptors (Lipinski definition) is 3. The Hall–Kier alpha value is -3.41. The number of carbonyl (C=O) groups is 1. The van der Waals surface area contributed by atoms with Gasteiger partial charge in [0.15, 0.2) is 0 Å². The van der Waals surface area contributed by atoms with Gasteiger partial charge in [0.05, 0.1) is 12.2 Å². The van der Waals surface area contributed by atoms with Gasteiger partial charge >= 0.3 is 0 Å². The van der Waals surface area contributed by atoms with Crippen LogP contribution >= 0.6 is 0 Å². The number of benzene rings is 2. The van der Waals surface area contributed by atoms with E-state index in [2.05, 4.69) is 48.6 Å². The van der Waals surface area contributed by atoms with E-state index < -0.39 is 0 Å². The van der Waals surface area contributed by atoms with E-state index in [9.17, 15) is 4.79 Å². The van der Waals surface area contributed by atoms with Crippen LogP contribution in [-0.2, 0) is 13.1 Å². The zero-order chi connectivity index (χ0) is 23.4. The Labute approximate surface area is 190 Å². The van der Waals surface area contributed by atoms with E-state index in [0.717, 1.165) is 45.9 Å². The molecule has 0 aliphatic carbocycles. The summed E-state index contributed by atoms with van der Waals surface area (Å²) in [5.41, 5.74) is 9.03. The number of anilines is 1. The van der Waals surface area contributed by atoms with Crippen molar-refractivity contribution in [2.45, 2.75) is 61.6 Å². The molecule has 3 aromatic rings. The summed E-state index contributed by atoms with van der Waals surface area (Å²) in [7, 11) is 0. The number of rotatable bonds is 5. The van der Waals surface area contributed by atoms with Crippen molar-refractivity contribution >= 4 is 17.6 Å². The molecule has 3 rings (SSSR count). The molecule has 1 aromatic heterocycles. The van der Waals surface area contributed by atoms with Gasteiger partial charge in [0.2, 0.25) is 5.96 Å². The third-order valence-corrected chi connectivity index (χ3v) is 5.58. The summed E-state index contributed by atoms with van der Waals surface area (Å²) in [4.78, 5) is 17.8. The molecule has 0 aliphatic rings. The lowest BCUT2D eigenvalue weighted by molar-refractivity contribution is 0.0976. The number of nitrogens with zero attached hydrogens (tertiary/aromatic N) is 3. The molecule has 6 heteroatoms. The molecule has 0 atom stereocenters. The maximum absolute atomic E-state index is 13.0. The molecule has 2 N–H and O–H groups in total. The molecule has 0 saturated carbocycles.